The lowest BCUT2D eigenvalue weighted by atomic mass is 10.1. The van der Waals surface area contributed by atoms with E-state index in [-0.39, 0.29) is 13.2 Å². The Morgan fingerprint density at radius 3 is 2.55 bits per heavy atom. The van der Waals surface area contributed by atoms with E-state index >= 15 is 0 Å². The van der Waals surface area contributed by atoms with Crippen molar-refractivity contribution < 1.29 is 28.2 Å². The van der Waals surface area contributed by atoms with Crippen molar-refractivity contribution in [2.75, 3.05) is 20.8 Å². The molecule has 1 saturated heterocycles. The number of alkyl halides is 1. The number of halogens is 1. The van der Waals surface area contributed by atoms with Gasteiger partial charge in [-0.05, 0) is 5.56 Å². The highest BCUT2D eigenvalue weighted by Crippen LogP contribution is 2.25. The maximum atomic E-state index is 14.2. The van der Waals surface area contributed by atoms with Gasteiger partial charge in [-0.15, -0.1) is 0 Å². The van der Waals surface area contributed by atoms with Crippen LogP contribution in [0.4, 0.5) is 9.18 Å². The van der Waals surface area contributed by atoms with Gasteiger partial charge >= 0.3 is 12.1 Å². The lowest BCUT2D eigenvalue weighted by Gasteiger charge is -2.22. The van der Waals surface area contributed by atoms with Crippen molar-refractivity contribution in [2.45, 2.75) is 24.9 Å². The summed E-state index contributed by atoms with van der Waals surface area (Å²) in [4.78, 5) is 24.8. The van der Waals surface area contributed by atoms with Gasteiger partial charge in [0.25, 0.3) is 0 Å². The molecule has 1 amide bonds. The number of esters is 1. The van der Waals surface area contributed by atoms with Crippen molar-refractivity contribution in [3.8, 4) is 0 Å². The Kier molecular flexibility index (Phi) is 5.32. The third-order valence-corrected chi connectivity index (χ3v) is 3.55. The van der Waals surface area contributed by atoms with Crippen LogP contribution in [0.15, 0.2) is 30.3 Å². The summed E-state index contributed by atoms with van der Waals surface area (Å²) in [6.45, 7) is -0.0241. The highest BCUT2D eigenvalue weighted by Gasteiger charge is 2.50. The average molecular weight is 311 g/mol. The Morgan fingerprint density at radius 2 is 1.95 bits per heavy atom. The number of amides is 1. The van der Waals surface area contributed by atoms with Crippen LogP contribution in [0.2, 0.25) is 0 Å². The molecule has 0 bridgehead atoms. The van der Waals surface area contributed by atoms with Crippen molar-refractivity contribution in [1.82, 2.24) is 4.90 Å². The van der Waals surface area contributed by atoms with E-state index in [1.165, 1.54) is 7.11 Å². The topological polar surface area (TPSA) is 65.1 Å². The molecule has 3 atom stereocenters. The summed E-state index contributed by atoms with van der Waals surface area (Å²) in [5, 5.41) is 0. The van der Waals surface area contributed by atoms with Gasteiger partial charge in [-0.3, -0.25) is 4.90 Å². The van der Waals surface area contributed by atoms with Gasteiger partial charge in [-0.25, -0.2) is 14.0 Å². The number of ether oxygens (including phenoxy) is 3. The standard InChI is InChI=1S/C15H18FNO5/c1-20-11-8-17(13(12(11)16)14(18)21-2)15(19)22-9-10-6-4-3-5-7-10/h3-7,11-13H,8-9H2,1-2H3/t11-,12+,13+/m0/s1. The number of hydrogen-bond acceptors (Lipinski definition) is 5. The van der Waals surface area contributed by atoms with E-state index in [2.05, 4.69) is 4.74 Å². The average Bonchev–Trinajstić information content (AvgIpc) is 2.89. The van der Waals surface area contributed by atoms with Gasteiger partial charge in [-0.2, -0.15) is 0 Å². The van der Waals surface area contributed by atoms with Crippen LogP contribution in [0.25, 0.3) is 0 Å². The zero-order valence-electron chi connectivity index (χ0n) is 12.4. The Morgan fingerprint density at radius 1 is 1.27 bits per heavy atom. The molecule has 0 radical (unpaired) electrons. The zero-order valence-corrected chi connectivity index (χ0v) is 12.4. The lowest BCUT2D eigenvalue weighted by Crippen LogP contribution is -2.45. The zero-order chi connectivity index (χ0) is 16.1. The van der Waals surface area contributed by atoms with E-state index in [9.17, 15) is 14.0 Å². The van der Waals surface area contributed by atoms with Crippen molar-refractivity contribution in [3.05, 3.63) is 35.9 Å². The molecule has 0 saturated carbocycles. The van der Waals surface area contributed by atoms with Gasteiger partial charge < -0.3 is 14.2 Å². The Bertz CT molecular complexity index is 524. The van der Waals surface area contributed by atoms with Crippen molar-refractivity contribution in [1.29, 1.82) is 0 Å². The highest BCUT2D eigenvalue weighted by atomic mass is 19.1. The monoisotopic (exact) mass is 311 g/mol. The molecule has 0 aromatic heterocycles. The fraction of sp³-hybridized carbons (Fsp3) is 0.467. The molecule has 6 nitrogen and oxygen atoms in total. The van der Waals surface area contributed by atoms with E-state index in [4.69, 9.17) is 9.47 Å². The molecule has 7 heteroatoms. The van der Waals surface area contributed by atoms with Gasteiger partial charge in [0, 0.05) is 7.11 Å². The molecule has 1 heterocycles. The van der Waals surface area contributed by atoms with Crippen LogP contribution in [-0.2, 0) is 25.6 Å². The summed E-state index contributed by atoms with van der Waals surface area (Å²) in [5.41, 5.74) is 0.796. The lowest BCUT2D eigenvalue weighted by molar-refractivity contribution is -0.147. The SMILES string of the molecule is COC(=O)[C@H]1[C@H](F)[C@@H](OC)CN1C(=O)OCc1ccccc1. The predicted molar refractivity (Wildman–Crippen MR) is 74.8 cm³/mol. The molecule has 1 fully saturated rings. The number of carbonyl (C=O) groups is 2. The molecule has 0 N–H and O–H groups in total. The Hall–Kier alpha value is -2.15. The number of benzene rings is 1. The molecule has 2 rings (SSSR count). The van der Waals surface area contributed by atoms with E-state index in [0.717, 1.165) is 17.6 Å². The van der Waals surface area contributed by atoms with Gasteiger partial charge in [0.2, 0.25) is 0 Å². The smallest absolute Gasteiger partial charge is 0.411 e. The van der Waals surface area contributed by atoms with E-state index in [1.807, 2.05) is 18.2 Å². The third kappa shape index (κ3) is 3.36. The fourth-order valence-corrected chi connectivity index (χ4v) is 2.36. The number of methoxy groups -OCH3 is 2. The van der Waals surface area contributed by atoms with Crippen molar-refractivity contribution >= 4 is 12.1 Å². The Labute approximate surface area is 127 Å². The second-order valence-electron chi connectivity index (χ2n) is 4.88. The number of likely N-dealkylation sites (tertiary alicyclic amines) is 1. The van der Waals surface area contributed by atoms with Crippen LogP contribution in [0.1, 0.15) is 5.56 Å². The maximum Gasteiger partial charge on any atom is 0.411 e. The first kappa shape index (κ1) is 16.2. The largest absolute Gasteiger partial charge is 0.467 e. The summed E-state index contributed by atoms with van der Waals surface area (Å²) in [7, 11) is 2.47. The van der Waals surface area contributed by atoms with Gasteiger partial charge in [-0.1, -0.05) is 30.3 Å². The minimum Gasteiger partial charge on any atom is -0.467 e. The predicted octanol–water partition coefficient (Wildman–Crippen LogP) is 1.53. The minimum atomic E-state index is -1.65. The molecule has 22 heavy (non-hydrogen) atoms. The van der Waals surface area contributed by atoms with Crippen LogP contribution >= 0.6 is 0 Å². The third-order valence-electron chi connectivity index (χ3n) is 3.55. The quantitative estimate of drug-likeness (QED) is 0.789. The highest BCUT2D eigenvalue weighted by molar-refractivity contribution is 5.83. The van der Waals surface area contributed by atoms with Crippen LogP contribution in [0.3, 0.4) is 0 Å². The molecule has 120 valence electrons. The van der Waals surface area contributed by atoms with Crippen LogP contribution in [0.5, 0.6) is 0 Å². The summed E-state index contributed by atoms with van der Waals surface area (Å²) in [6, 6.07) is 7.72. The molecule has 0 spiro atoms. The van der Waals surface area contributed by atoms with Gasteiger partial charge in [0.05, 0.1) is 13.7 Å². The number of rotatable bonds is 4. The summed E-state index contributed by atoms with van der Waals surface area (Å²) < 4.78 is 28.8. The van der Waals surface area contributed by atoms with Gasteiger partial charge in [0.15, 0.2) is 12.2 Å². The normalized spacial score (nSPS) is 24.1. The van der Waals surface area contributed by atoms with E-state index in [0.29, 0.717) is 0 Å². The molecular formula is C15H18FNO5. The van der Waals surface area contributed by atoms with Crippen LogP contribution in [-0.4, -0.2) is 56.0 Å². The summed E-state index contributed by atoms with van der Waals surface area (Å²) >= 11 is 0. The van der Waals surface area contributed by atoms with Crippen LogP contribution < -0.4 is 0 Å². The summed E-state index contributed by atoms with van der Waals surface area (Å²) in [5.74, 6) is -0.830. The molecule has 1 aliphatic rings. The van der Waals surface area contributed by atoms with Crippen LogP contribution in [0, 0.1) is 0 Å². The van der Waals surface area contributed by atoms with Crippen molar-refractivity contribution in [3.63, 3.8) is 0 Å². The first-order chi connectivity index (χ1) is 10.6. The Balaban J connectivity index is 2.04. The molecule has 1 aromatic carbocycles. The minimum absolute atomic E-state index is 0.0403. The number of hydrogen-bond donors (Lipinski definition) is 0. The first-order valence-electron chi connectivity index (χ1n) is 6.80. The number of carbonyl (C=O) groups excluding carboxylic acids is 2. The maximum absolute atomic E-state index is 14.2. The second-order valence-corrected chi connectivity index (χ2v) is 4.88. The van der Waals surface area contributed by atoms with Crippen molar-refractivity contribution in [2.24, 2.45) is 0 Å². The molecular weight excluding hydrogens is 293 g/mol. The molecule has 1 aliphatic heterocycles. The molecule has 0 unspecified atom stereocenters. The van der Waals surface area contributed by atoms with Gasteiger partial charge in [0.1, 0.15) is 12.7 Å². The number of nitrogens with zero attached hydrogens (tertiary/aromatic N) is 1. The molecule has 0 aliphatic carbocycles. The summed E-state index contributed by atoms with van der Waals surface area (Å²) in [6.07, 6.45) is -3.31. The van der Waals surface area contributed by atoms with E-state index in [1.54, 1.807) is 12.1 Å². The fourth-order valence-electron chi connectivity index (χ4n) is 2.36. The second kappa shape index (κ2) is 7.22. The first-order valence-corrected chi connectivity index (χ1v) is 6.80. The van der Waals surface area contributed by atoms with E-state index < -0.39 is 30.4 Å². The molecule has 1 aromatic rings.